The summed E-state index contributed by atoms with van der Waals surface area (Å²) in [7, 11) is 0. The molecule has 0 bridgehead atoms. The highest BCUT2D eigenvalue weighted by Crippen LogP contribution is 2.29. The van der Waals surface area contributed by atoms with Crippen LogP contribution in [0.2, 0.25) is 0 Å². The van der Waals surface area contributed by atoms with Gasteiger partial charge in [-0.05, 0) is 31.4 Å². The Morgan fingerprint density at radius 1 is 1.32 bits per heavy atom. The van der Waals surface area contributed by atoms with Gasteiger partial charge in [0.25, 0.3) is 0 Å². The molecule has 106 valence electrons. The highest BCUT2D eigenvalue weighted by Gasteiger charge is 2.32. The summed E-state index contributed by atoms with van der Waals surface area (Å²) in [5, 5.41) is 2.86. The van der Waals surface area contributed by atoms with E-state index in [0.717, 1.165) is 31.5 Å². The van der Waals surface area contributed by atoms with Crippen molar-refractivity contribution in [2.75, 3.05) is 11.2 Å². The molecule has 1 aromatic rings. The number of anilines is 1. The van der Waals surface area contributed by atoms with Gasteiger partial charge in [-0.2, -0.15) is 13.2 Å². The Labute approximate surface area is 115 Å². The van der Waals surface area contributed by atoms with Crippen molar-refractivity contribution in [1.29, 1.82) is 0 Å². The van der Waals surface area contributed by atoms with Gasteiger partial charge < -0.3 is 5.32 Å². The zero-order valence-corrected chi connectivity index (χ0v) is 11.2. The molecule has 2 nitrogen and oxygen atoms in total. The maximum Gasteiger partial charge on any atom is 0.433 e. The van der Waals surface area contributed by atoms with Gasteiger partial charge in [-0.25, -0.2) is 0 Å². The van der Waals surface area contributed by atoms with Gasteiger partial charge >= 0.3 is 6.18 Å². The fourth-order valence-electron chi connectivity index (χ4n) is 1.54. The van der Waals surface area contributed by atoms with E-state index in [-0.39, 0.29) is 0 Å². The minimum absolute atomic E-state index is 0.352. The lowest BCUT2D eigenvalue weighted by atomic mass is 10.1. The second-order valence-corrected chi connectivity index (χ2v) is 4.53. The molecule has 0 unspecified atom stereocenters. The molecule has 1 N–H and O–H groups in total. The number of allylic oxidation sites excluding steroid dienone is 1. The number of nitrogens with zero attached hydrogens (tertiary/aromatic N) is 1. The topological polar surface area (TPSA) is 24.9 Å². The zero-order chi connectivity index (χ0) is 14.3. The number of unbranched alkanes of at least 4 members (excludes halogenated alkanes) is 2. The predicted molar refractivity (Wildman–Crippen MR) is 71.2 cm³/mol. The van der Waals surface area contributed by atoms with Gasteiger partial charge in [0, 0.05) is 23.5 Å². The molecule has 0 fully saturated rings. The van der Waals surface area contributed by atoms with Gasteiger partial charge in [0.2, 0.25) is 0 Å². The molecule has 1 rings (SSSR count). The second kappa shape index (κ2) is 7.38. The minimum atomic E-state index is -4.43. The summed E-state index contributed by atoms with van der Waals surface area (Å²) in [6.45, 7) is 3.79. The molecule has 0 aromatic carbocycles. The number of alkyl halides is 4. The van der Waals surface area contributed by atoms with E-state index in [1.807, 2.05) is 0 Å². The van der Waals surface area contributed by atoms with Crippen LogP contribution in [0.15, 0.2) is 30.6 Å². The lowest BCUT2D eigenvalue weighted by Gasteiger charge is -2.11. The zero-order valence-electron chi connectivity index (χ0n) is 10.4. The smallest absolute Gasteiger partial charge is 0.359 e. The molecule has 0 aliphatic heterocycles. The van der Waals surface area contributed by atoms with E-state index < -0.39 is 11.9 Å². The molecule has 0 saturated carbocycles. The third-order valence-corrected chi connectivity index (χ3v) is 2.75. The molecule has 1 aromatic heterocycles. The van der Waals surface area contributed by atoms with Crippen molar-refractivity contribution in [2.45, 2.75) is 31.9 Å². The first-order chi connectivity index (χ1) is 8.93. The maximum absolute atomic E-state index is 12.5. The van der Waals surface area contributed by atoms with Crippen LogP contribution in [0.5, 0.6) is 0 Å². The average molecular weight is 293 g/mol. The Kier molecular flexibility index (Phi) is 6.15. The Hall–Kier alpha value is -1.23. The summed E-state index contributed by atoms with van der Waals surface area (Å²) >= 11 is 5.56. The molecule has 0 atom stereocenters. The lowest BCUT2D eigenvalue weighted by molar-refractivity contribution is -0.141. The van der Waals surface area contributed by atoms with E-state index in [0.29, 0.717) is 23.7 Å². The highest BCUT2D eigenvalue weighted by atomic mass is 35.5. The summed E-state index contributed by atoms with van der Waals surface area (Å²) in [6.07, 6.45) is 0.234. The number of halogens is 4. The first-order valence-electron chi connectivity index (χ1n) is 5.97. The predicted octanol–water partition coefficient (Wildman–Crippen LogP) is 4.83. The summed E-state index contributed by atoms with van der Waals surface area (Å²) < 4.78 is 37.4. The van der Waals surface area contributed by atoms with Crippen LogP contribution in [0.4, 0.5) is 18.9 Å². The van der Waals surface area contributed by atoms with Gasteiger partial charge in [0.1, 0.15) is 5.69 Å². The third kappa shape index (κ3) is 5.96. The molecule has 0 aliphatic carbocycles. The van der Waals surface area contributed by atoms with Crippen molar-refractivity contribution in [3.8, 4) is 0 Å². The number of aromatic nitrogens is 1. The standard InChI is InChI=1S/C13H16ClF3N2/c1-10(5-3-2-4-7-14)19-11-6-8-18-12(9-11)13(15,16)17/h6,8-9H,1-5,7H2,(H,18,19). The van der Waals surface area contributed by atoms with Crippen LogP contribution < -0.4 is 5.32 Å². The minimum Gasteiger partial charge on any atom is -0.359 e. The van der Waals surface area contributed by atoms with E-state index >= 15 is 0 Å². The Bertz CT molecular complexity index is 419. The van der Waals surface area contributed by atoms with Gasteiger partial charge in [0.05, 0.1) is 0 Å². The second-order valence-electron chi connectivity index (χ2n) is 4.16. The van der Waals surface area contributed by atoms with Gasteiger partial charge in [0.15, 0.2) is 0 Å². The molecule has 0 spiro atoms. The first kappa shape index (κ1) is 15.8. The molecule has 0 amide bonds. The largest absolute Gasteiger partial charge is 0.433 e. The van der Waals surface area contributed by atoms with Crippen LogP contribution in [-0.4, -0.2) is 10.9 Å². The Morgan fingerprint density at radius 2 is 2.05 bits per heavy atom. The van der Waals surface area contributed by atoms with Crippen LogP contribution in [0.1, 0.15) is 31.4 Å². The van der Waals surface area contributed by atoms with E-state index in [1.54, 1.807) is 0 Å². The fraction of sp³-hybridized carbons (Fsp3) is 0.462. The number of nitrogens with one attached hydrogen (secondary N) is 1. The van der Waals surface area contributed by atoms with E-state index in [1.165, 1.54) is 6.07 Å². The number of hydrogen-bond acceptors (Lipinski definition) is 2. The highest BCUT2D eigenvalue weighted by molar-refractivity contribution is 6.17. The monoisotopic (exact) mass is 292 g/mol. The van der Waals surface area contributed by atoms with Crippen LogP contribution >= 0.6 is 11.6 Å². The van der Waals surface area contributed by atoms with Crippen LogP contribution in [-0.2, 0) is 6.18 Å². The molecule has 6 heteroatoms. The normalized spacial score (nSPS) is 11.4. The summed E-state index contributed by atoms with van der Waals surface area (Å²) in [5.74, 6) is 0.624. The fourth-order valence-corrected chi connectivity index (χ4v) is 1.73. The summed E-state index contributed by atoms with van der Waals surface area (Å²) in [6, 6.07) is 2.46. The molecule has 19 heavy (non-hydrogen) atoms. The van der Waals surface area contributed by atoms with E-state index in [2.05, 4.69) is 16.9 Å². The van der Waals surface area contributed by atoms with Crippen molar-refractivity contribution in [1.82, 2.24) is 4.98 Å². The molecule has 0 saturated heterocycles. The number of pyridine rings is 1. The molecule has 0 radical (unpaired) electrons. The Morgan fingerprint density at radius 3 is 2.68 bits per heavy atom. The SMILES string of the molecule is C=C(CCCCCCl)Nc1ccnc(C(F)(F)F)c1. The van der Waals surface area contributed by atoms with Crippen LogP contribution in [0, 0.1) is 0 Å². The molecule has 1 heterocycles. The van der Waals surface area contributed by atoms with Gasteiger partial charge in [-0.1, -0.05) is 13.0 Å². The quantitative estimate of drug-likeness (QED) is 0.575. The van der Waals surface area contributed by atoms with Crippen molar-refractivity contribution in [2.24, 2.45) is 0 Å². The number of hydrogen-bond donors (Lipinski definition) is 1. The van der Waals surface area contributed by atoms with Crippen LogP contribution in [0.25, 0.3) is 0 Å². The van der Waals surface area contributed by atoms with Crippen molar-refractivity contribution in [3.63, 3.8) is 0 Å². The average Bonchev–Trinajstić information content (AvgIpc) is 2.34. The van der Waals surface area contributed by atoms with Crippen LogP contribution in [0.3, 0.4) is 0 Å². The summed E-state index contributed by atoms with van der Waals surface area (Å²) in [5.41, 5.74) is 0.131. The van der Waals surface area contributed by atoms with Crippen molar-refractivity contribution in [3.05, 3.63) is 36.3 Å². The van der Waals surface area contributed by atoms with Gasteiger partial charge in [-0.3, -0.25) is 4.98 Å². The van der Waals surface area contributed by atoms with E-state index in [9.17, 15) is 13.2 Å². The number of rotatable bonds is 7. The Balaban J connectivity index is 2.50. The first-order valence-corrected chi connectivity index (χ1v) is 6.51. The molecular formula is C13H16ClF3N2. The van der Waals surface area contributed by atoms with Gasteiger partial charge in [-0.15, -0.1) is 11.6 Å². The third-order valence-electron chi connectivity index (χ3n) is 2.48. The molecule has 0 aliphatic rings. The lowest BCUT2D eigenvalue weighted by Crippen LogP contribution is -2.08. The maximum atomic E-state index is 12.5. The summed E-state index contributed by atoms with van der Waals surface area (Å²) in [4.78, 5) is 3.30. The van der Waals surface area contributed by atoms with Crippen molar-refractivity contribution >= 4 is 17.3 Å². The molecular weight excluding hydrogens is 277 g/mol. The van der Waals surface area contributed by atoms with E-state index in [4.69, 9.17) is 11.6 Å². The van der Waals surface area contributed by atoms with Crippen molar-refractivity contribution < 1.29 is 13.2 Å².